The molecule has 1 amide bonds. The summed E-state index contributed by atoms with van der Waals surface area (Å²) in [4.78, 5) is 26.6. The lowest BCUT2D eigenvalue weighted by Gasteiger charge is -2.30. The Morgan fingerprint density at radius 3 is 2.72 bits per heavy atom. The van der Waals surface area contributed by atoms with E-state index in [0.29, 0.717) is 23.5 Å². The molecule has 0 spiro atoms. The van der Waals surface area contributed by atoms with Gasteiger partial charge in [-0.1, -0.05) is 35.9 Å². The van der Waals surface area contributed by atoms with E-state index in [0.717, 1.165) is 22.6 Å². The van der Waals surface area contributed by atoms with Crippen molar-refractivity contribution < 1.29 is 14.7 Å². The van der Waals surface area contributed by atoms with Gasteiger partial charge in [-0.2, -0.15) is 0 Å². The number of halogens is 1. The number of rotatable bonds is 4. The van der Waals surface area contributed by atoms with Gasteiger partial charge in [0.25, 0.3) is 5.91 Å². The smallest absolute Gasteiger partial charge is 0.316 e. The predicted molar refractivity (Wildman–Crippen MR) is 99.3 cm³/mol. The van der Waals surface area contributed by atoms with Gasteiger partial charge in [0, 0.05) is 23.0 Å². The molecule has 0 aromatic heterocycles. The Morgan fingerprint density at radius 2 is 1.96 bits per heavy atom. The number of aliphatic carboxylic acids is 1. The van der Waals surface area contributed by atoms with E-state index >= 15 is 0 Å². The van der Waals surface area contributed by atoms with Crippen LogP contribution in [0, 0.1) is 0 Å². The molecule has 0 fully saturated rings. The van der Waals surface area contributed by atoms with Gasteiger partial charge < -0.3 is 10.0 Å². The number of fused-ring (bicyclic) bond motifs is 1. The zero-order chi connectivity index (χ0) is 18.0. The molecule has 0 bridgehead atoms. The van der Waals surface area contributed by atoms with Crippen LogP contribution < -0.4 is 0 Å². The van der Waals surface area contributed by atoms with Crippen LogP contribution >= 0.6 is 23.4 Å². The topological polar surface area (TPSA) is 57.6 Å². The van der Waals surface area contributed by atoms with Crippen LogP contribution in [-0.4, -0.2) is 33.7 Å². The Kier molecular flexibility index (Phi) is 5.35. The average molecular weight is 376 g/mol. The highest BCUT2D eigenvalue weighted by Crippen LogP contribution is 2.30. The van der Waals surface area contributed by atoms with Crippen LogP contribution in [0.3, 0.4) is 0 Å². The molecule has 1 aliphatic heterocycles. The molecule has 4 nitrogen and oxygen atoms in total. The van der Waals surface area contributed by atoms with Crippen molar-refractivity contribution in [1.29, 1.82) is 0 Å². The van der Waals surface area contributed by atoms with Crippen molar-refractivity contribution in [3.63, 3.8) is 0 Å². The summed E-state index contributed by atoms with van der Waals surface area (Å²) >= 11 is 7.43. The van der Waals surface area contributed by atoms with Crippen molar-refractivity contribution in [2.75, 3.05) is 6.54 Å². The van der Waals surface area contributed by atoms with Gasteiger partial charge in [-0.05, 0) is 42.7 Å². The van der Waals surface area contributed by atoms with Gasteiger partial charge >= 0.3 is 5.97 Å². The average Bonchev–Trinajstić information content (AvgIpc) is 2.61. The molecule has 2 aromatic rings. The van der Waals surface area contributed by atoms with Crippen LogP contribution in [0.4, 0.5) is 0 Å². The summed E-state index contributed by atoms with van der Waals surface area (Å²) < 4.78 is 0. The molecule has 0 saturated carbocycles. The zero-order valence-corrected chi connectivity index (χ0v) is 15.3. The van der Waals surface area contributed by atoms with Gasteiger partial charge in [-0.15, -0.1) is 11.8 Å². The Bertz CT molecular complexity index is 824. The highest BCUT2D eigenvalue weighted by atomic mass is 35.5. The van der Waals surface area contributed by atoms with Gasteiger partial charge in [0.05, 0.1) is 5.56 Å². The lowest BCUT2D eigenvalue weighted by molar-refractivity contribution is -0.136. The summed E-state index contributed by atoms with van der Waals surface area (Å²) in [5, 5.41) is 9.26. The Hall–Kier alpha value is -1.98. The molecular weight excluding hydrogens is 358 g/mol. The number of nitrogens with zero attached hydrogens (tertiary/aromatic N) is 1. The molecule has 1 heterocycles. The van der Waals surface area contributed by atoms with E-state index in [2.05, 4.69) is 0 Å². The fourth-order valence-corrected chi connectivity index (χ4v) is 4.10. The molecular formula is C19H18ClNO3S. The standard InChI is InChI=1S/C19H18ClNO3S/c1-12(19(23)24)25-17-8-3-2-6-15(17)18(22)21-10-9-14-13(11-21)5-4-7-16(14)20/h2-8,12H,9-11H2,1H3,(H,23,24). The van der Waals surface area contributed by atoms with Crippen molar-refractivity contribution in [2.45, 2.75) is 30.0 Å². The monoisotopic (exact) mass is 375 g/mol. The predicted octanol–water partition coefficient (Wildman–Crippen LogP) is 4.10. The minimum absolute atomic E-state index is 0.0775. The molecule has 1 N–H and O–H groups in total. The third kappa shape index (κ3) is 3.83. The molecule has 0 radical (unpaired) electrons. The fraction of sp³-hybridized carbons (Fsp3) is 0.263. The molecule has 6 heteroatoms. The van der Waals surface area contributed by atoms with E-state index in [4.69, 9.17) is 16.7 Å². The van der Waals surface area contributed by atoms with Crippen LogP contribution in [0.5, 0.6) is 0 Å². The number of thioether (sulfide) groups is 1. The summed E-state index contributed by atoms with van der Waals surface area (Å²) in [6.45, 7) is 2.73. The quantitative estimate of drug-likeness (QED) is 0.817. The number of carboxylic acid groups (broad SMARTS) is 1. The minimum atomic E-state index is -0.895. The lowest BCUT2D eigenvalue weighted by atomic mass is 9.99. The number of carboxylic acids is 1. The summed E-state index contributed by atoms with van der Waals surface area (Å²) in [7, 11) is 0. The molecule has 25 heavy (non-hydrogen) atoms. The first-order valence-electron chi connectivity index (χ1n) is 8.01. The van der Waals surface area contributed by atoms with Crippen molar-refractivity contribution in [2.24, 2.45) is 0 Å². The van der Waals surface area contributed by atoms with Crippen LogP contribution in [0.1, 0.15) is 28.4 Å². The van der Waals surface area contributed by atoms with Gasteiger partial charge in [-0.3, -0.25) is 9.59 Å². The second-order valence-electron chi connectivity index (χ2n) is 5.95. The molecule has 1 aliphatic rings. The Balaban J connectivity index is 1.84. The number of hydrogen-bond donors (Lipinski definition) is 1. The van der Waals surface area contributed by atoms with Crippen LogP contribution in [0.25, 0.3) is 0 Å². The third-order valence-corrected chi connectivity index (χ3v) is 5.78. The second-order valence-corrected chi connectivity index (χ2v) is 7.74. The molecule has 0 saturated heterocycles. The molecule has 1 unspecified atom stereocenters. The van der Waals surface area contributed by atoms with Gasteiger partial charge in [0.15, 0.2) is 0 Å². The third-order valence-electron chi connectivity index (χ3n) is 4.26. The largest absolute Gasteiger partial charge is 0.480 e. The number of carbonyl (C=O) groups excluding carboxylic acids is 1. The van der Waals surface area contributed by atoms with Crippen molar-refractivity contribution in [3.8, 4) is 0 Å². The van der Waals surface area contributed by atoms with E-state index in [1.165, 1.54) is 11.8 Å². The summed E-state index contributed by atoms with van der Waals surface area (Å²) in [6.07, 6.45) is 0.724. The second kappa shape index (κ2) is 7.50. The fourth-order valence-electron chi connectivity index (χ4n) is 2.89. The Morgan fingerprint density at radius 1 is 1.20 bits per heavy atom. The zero-order valence-electron chi connectivity index (χ0n) is 13.7. The molecule has 0 aliphatic carbocycles. The first-order valence-corrected chi connectivity index (χ1v) is 9.27. The van der Waals surface area contributed by atoms with Crippen LogP contribution in [0.2, 0.25) is 5.02 Å². The maximum absolute atomic E-state index is 13.0. The Labute approximate surface area is 155 Å². The van der Waals surface area contributed by atoms with Crippen LogP contribution in [-0.2, 0) is 17.8 Å². The van der Waals surface area contributed by atoms with Crippen LogP contribution in [0.15, 0.2) is 47.4 Å². The number of amides is 1. The normalized spacial score (nSPS) is 14.7. The number of hydrogen-bond acceptors (Lipinski definition) is 3. The summed E-state index contributed by atoms with van der Waals surface area (Å²) in [5.74, 6) is -0.972. The van der Waals surface area contributed by atoms with E-state index in [9.17, 15) is 9.59 Å². The van der Waals surface area contributed by atoms with Gasteiger partial charge in [0.1, 0.15) is 5.25 Å². The molecule has 2 aromatic carbocycles. The van der Waals surface area contributed by atoms with Crippen molar-refractivity contribution in [3.05, 3.63) is 64.2 Å². The highest BCUT2D eigenvalue weighted by molar-refractivity contribution is 8.00. The first-order chi connectivity index (χ1) is 12.0. The van der Waals surface area contributed by atoms with Crippen molar-refractivity contribution >= 4 is 35.2 Å². The maximum atomic E-state index is 13.0. The van der Waals surface area contributed by atoms with Gasteiger partial charge in [-0.25, -0.2) is 0 Å². The maximum Gasteiger partial charge on any atom is 0.316 e. The number of benzene rings is 2. The van der Waals surface area contributed by atoms with Crippen molar-refractivity contribution in [1.82, 2.24) is 4.90 Å². The van der Waals surface area contributed by atoms with E-state index in [1.807, 2.05) is 24.3 Å². The number of carbonyl (C=O) groups is 2. The van der Waals surface area contributed by atoms with E-state index in [-0.39, 0.29) is 5.91 Å². The van der Waals surface area contributed by atoms with Gasteiger partial charge in [0.2, 0.25) is 0 Å². The molecule has 3 rings (SSSR count). The summed E-state index contributed by atoms with van der Waals surface area (Å²) in [5.41, 5.74) is 2.72. The lowest BCUT2D eigenvalue weighted by Crippen LogP contribution is -2.36. The molecule has 130 valence electrons. The highest BCUT2D eigenvalue weighted by Gasteiger charge is 2.25. The SMILES string of the molecule is CC(Sc1ccccc1C(=O)N1CCc2c(Cl)cccc2C1)C(=O)O. The van der Waals surface area contributed by atoms with E-state index < -0.39 is 11.2 Å². The summed E-state index contributed by atoms with van der Waals surface area (Å²) in [6, 6.07) is 12.9. The van der Waals surface area contributed by atoms with E-state index in [1.54, 1.807) is 30.0 Å². The minimum Gasteiger partial charge on any atom is -0.480 e. The first kappa shape index (κ1) is 17.8. The molecule has 1 atom stereocenters.